The van der Waals surface area contributed by atoms with Crippen molar-refractivity contribution in [2.75, 3.05) is 16.8 Å². The van der Waals surface area contributed by atoms with E-state index in [-0.39, 0.29) is 11.9 Å². The fourth-order valence-corrected chi connectivity index (χ4v) is 3.30. The lowest BCUT2D eigenvalue weighted by Gasteiger charge is -2.22. The topological polar surface area (TPSA) is 41.6 Å². The van der Waals surface area contributed by atoms with Gasteiger partial charge in [-0.25, -0.2) is 0 Å². The molecule has 29 heavy (non-hydrogen) atoms. The minimum Gasteiger partial charge on any atom is -0.455 e. The Balaban J connectivity index is 1.80. The highest BCUT2D eigenvalue weighted by Gasteiger charge is 2.13. The standard InChI is InChI=1S/C24H25ClN2O2/c1-4-27(18(3)28)21-9-7-8-19(16-21)17(2)26-23-10-5-6-11-24(23)29-22-14-12-20(25)13-15-22/h5-17,26H,4H2,1-3H3. The van der Waals surface area contributed by atoms with E-state index in [1.54, 1.807) is 24.0 Å². The second kappa shape index (κ2) is 9.48. The van der Waals surface area contributed by atoms with Gasteiger partial charge in [-0.15, -0.1) is 0 Å². The molecule has 0 aromatic heterocycles. The van der Waals surface area contributed by atoms with E-state index >= 15 is 0 Å². The van der Waals surface area contributed by atoms with Gasteiger partial charge in [-0.2, -0.15) is 0 Å². The van der Waals surface area contributed by atoms with Crippen molar-refractivity contribution in [3.8, 4) is 11.5 Å². The SMILES string of the molecule is CCN(C(C)=O)c1cccc(C(C)Nc2ccccc2Oc2ccc(Cl)cc2)c1. The van der Waals surface area contributed by atoms with E-state index < -0.39 is 0 Å². The first-order valence-corrected chi connectivity index (χ1v) is 10.0. The van der Waals surface area contributed by atoms with Gasteiger partial charge in [0, 0.05) is 30.2 Å². The number of anilines is 2. The number of carbonyl (C=O) groups is 1. The van der Waals surface area contributed by atoms with E-state index in [9.17, 15) is 4.79 Å². The van der Waals surface area contributed by atoms with Crippen LogP contribution in [0.15, 0.2) is 72.8 Å². The molecule has 0 aliphatic heterocycles. The zero-order chi connectivity index (χ0) is 20.8. The lowest BCUT2D eigenvalue weighted by atomic mass is 10.1. The van der Waals surface area contributed by atoms with E-state index in [1.807, 2.05) is 61.5 Å². The Kier molecular flexibility index (Phi) is 6.78. The number of nitrogens with one attached hydrogen (secondary N) is 1. The second-order valence-corrected chi connectivity index (χ2v) is 7.21. The molecular weight excluding hydrogens is 384 g/mol. The number of hydrogen-bond donors (Lipinski definition) is 1. The molecule has 3 rings (SSSR count). The smallest absolute Gasteiger partial charge is 0.223 e. The van der Waals surface area contributed by atoms with Gasteiger partial charge in [-0.3, -0.25) is 4.79 Å². The third-order valence-corrected chi connectivity index (χ3v) is 4.93. The van der Waals surface area contributed by atoms with Crippen LogP contribution in [0.25, 0.3) is 0 Å². The molecule has 5 heteroatoms. The maximum atomic E-state index is 11.9. The van der Waals surface area contributed by atoms with Crippen molar-refractivity contribution in [1.29, 1.82) is 0 Å². The van der Waals surface area contributed by atoms with E-state index in [0.717, 1.165) is 28.4 Å². The van der Waals surface area contributed by atoms with Gasteiger partial charge in [0.1, 0.15) is 5.75 Å². The van der Waals surface area contributed by atoms with Crippen LogP contribution in [0.4, 0.5) is 11.4 Å². The molecule has 1 N–H and O–H groups in total. The largest absolute Gasteiger partial charge is 0.455 e. The summed E-state index contributed by atoms with van der Waals surface area (Å²) in [7, 11) is 0. The first-order valence-electron chi connectivity index (χ1n) is 9.65. The van der Waals surface area contributed by atoms with Crippen molar-refractivity contribution in [2.24, 2.45) is 0 Å². The molecule has 0 aliphatic carbocycles. The van der Waals surface area contributed by atoms with Crippen LogP contribution in [0, 0.1) is 0 Å². The molecule has 0 radical (unpaired) electrons. The highest BCUT2D eigenvalue weighted by atomic mass is 35.5. The van der Waals surface area contributed by atoms with Crippen molar-refractivity contribution in [3.63, 3.8) is 0 Å². The van der Waals surface area contributed by atoms with Gasteiger partial charge in [0.15, 0.2) is 5.75 Å². The molecule has 0 aliphatic rings. The normalized spacial score (nSPS) is 11.6. The number of rotatable bonds is 7. The lowest BCUT2D eigenvalue weighted by molar-refractivity contribution is -0.116. The van der Waals surface area contributed by atoms with Crippen LogP contribution < -0.4 is 15.0 Å². The number of hydrogen-bond acceptors (Lipinski definition) is 3. The monoisotopic (exact) mass is 408 g/mol. The first kappa shape index (κ1) is 20.7. The van der Waals surface area contributed by atoms with E-state index in [1.165, 1.54) is 0 Å². The summed E-state index contributed by atoms with van der Waals surface area (Å²) in [5.74, 6) is 1.49. The second-order valence-electron chi connectivity index (χ2n) is 6.78. The summed E-state index contributed by atoms with van der Waals surface area (Å²) < 4.78 is 6.04. The fraction of sp³-hybridized carbons (Fsp3) is 0.208. The van der Waals surface area contributed by atoms with Crippen LogP contribution in [0.2, 0.25) is 5.02 Å². The third-order valence-electron chi connectivity index (χ3n) is 4.68. The van der Waals surface area contributed by atoms with E-state index in [0.29, 0.717) is 11.6 Å². The van der Waals surface area contributed by atoms with Gasteiger partial charge in [0.2, 0.25) is 5.91 Å². The minimum absolute atomic E-state index is 0.0237. The van der Waals surface area contributed by atoms with Gasteiger partial charge >= 0.3 is 0 Å². The van der Waals surface area contributed by atoms with Crippen LogP contribution in [0.3, 0.4) is 0 Å². The van der Waals surface area contributed by atoms with Crippen molar-refractivity contribution in [2.45, 2.75) is 26.8 Å². The van der Waals surface area contributed by atoms with Crippen LogP contribution in [-0.2, 0) is 4.79 Å². The van der Waals surface area contributed by atoms with E-state index in [4.69, 9.17) is 16.3 Å². The highest BCUT2D eigenvalue weighted by molar-refractivity contribution is 6.30. The molecule has 0 spiro atoms. The van der Waals surface area contributed by atoms with Crippen LogP contribution in [-0.4, -0.2) is 12.5 Å². The number of carbonyl (C=O) groups excluding carboxylic acids is 1. The van der Waals surface area contributed by atoms with Gasteiger partial charge in [0.05, 0.1) is 5.69 Å². The molecule has 4 nitrogen and oxygen atoms in total. The first-order chi connectivity index (χ1) is 14.0. The number of nitrogens with zero attached hydrogens (tertiary/aromatic N) is 1. The van der Waals surface area contributed by atoms with Crippen molar-refractivity contribution in [3.05, 3.63) is 83.4 Å². The predicted molar refractivity (Wildman–Crippen MR) is 120 cm³/mol. The van der Waals surface area contributed by atoms with E-state index in [2.05, 4.69) is 18.3 Å². The molecular formula is C24H25ClN2O2. The average molecular weight is 409 g/mol. The summed E-state index contributed by atoms with van der Waals surface area (Å²) in [4.78, 5) is 13.6. The molecule has 0 saturated heterocycles. The van der Waals surface area contributed by atoms with Gasteiger partial charge in [0.25, 0.3) is 0 Å². The summed E-state index contributed by atoms with van der Waals surface area (Å²) >= 11 is 5.96. The maximum absolute atomic E-state index is 11.9. The molecule has 3 aromatic carbocycles. The Morgan fingerprint density at radius 3 is 2.48 bits per heavy atom. The summed E-state index contributed by atoms with van der Waals surface area (Å²) in [5, 5.41) is 4.19. The maximum Gasteiger partial charge on any atom is 0.223 e. The Bertz CT molecular complexity index is 973. The Labute approximate surface area is 177 Å². The zero-order valence-corrected chi connectivity index (χ0v) is 17.6. The summed E-state index contributed by atoms with van der Waals surface area (Å²) in [6.45, 7) is 6.28. The summed E-state index contributed by atoms with van der Waals surface area (Å²) in [6, 6.07) is 23.2. The number of para-hydroxylation sites is 2. The molecule has 0 saturated carbocycles. The van der Waals surface area contributed by atoms with Crippen molar-refractivity contribution in [1.82, 2.24) is 0 Å². The van der Waals surface area contributed by atoms with Gasteiger partial charge in [-0.05, 0) is 67.9 Å². The number of amides is 1. The highest BCUT2D eigenvalue weighted by Crippen LogP contribution is 2.33. The molecule has 1 atom stereocenters. The number of ether oxygens (including phenoxy) is 1. The molecule has 1 amide bonds. The Hall–Kier alpha value is -2.98. The zero-order valence-electron chi connectivity index (χ0n) is 16.9. The van der Waals surface area contributed by atoms with Crippen LogP contribution in [0.5, 0.6) is 11.5 Å². The third kappa shape index (κ3) is 5.30. The molecule has 0 fully saturated rings. The average Bonchev–Trinajstić information content (AvgIpc) is 2.71. The number of benzene rings is 3. The number of halogens is 1. The Morgan fingerprint density at radius 1 is 1.07 bits per heavy atom. The van der Waals surface area contributed by atoms with Crippen molar-refractivity contribution < 1.29 is 9.53 Å². The molecule has 1 unspecified atom stereocenters. The Morgan fingerprint density at radius 2 is 1.79 bits per heavy atom. The molecule has 150 valence electrons. The molecule has 0 bridgehead atoms. The molecule has 3 aromatic rings. The van der Waals surface area contributed by atoms with Crippen LogP contribution >= 0.6 is 11.6 Å². The molecule has 0 heterocycles. The van der Waals surface area contributed by atoms with Crippen LogP contribution in [0.1, 0.15) is 32.4 Å². The van der Waals surface area contributed by atoms with Crippen molar-refractivity contribution >= 4 is 28.9 Å². The summed E-state index contributed by atoms with van der Waals surface area (Å²) in [5.41, 5.74) is 2.87. The van der Waals surface area contributed by atoms with Gasteiger partial charge < -0.3 is 15.0 Å². The van der Waals surface area contributed by atoms with Gasteiger partial charge in [-0.1, -0.05) is 35.9 Å². The quantitative estimate of drug-likeness (QED) is 0.474. The minimum atomic E-state index is 0.0237. The predicted octanol–water partition coefficient (Wildman–Crippen LogP) is 6.68. The lowest BCUT2D eigenvalue weighted by Crippen LogP contribution is -2.28. The fourth-order valence-electron chi connectivity index (χ4n) is 3.17. The summed E-state index contributed by atoms with van der Waals surface area (Å²) in [6.07, 6.45) is 0.